The average molecular weight is 368 g/mol. The molecular formula is C21H25N3OS. The van der Waals surface area contributed by atoms with Gasteiger partial charge in [-0.05, 0) is 48.7 Å². The molecule has 0 saturated carbocycles. The lowest BCUT2D eigenvalue weighted by molar-refractivity contribution is 0.0540. The number of aryl methyl sites for hydroxylation is 1. The zero-order valence-corrected chi connectivity index (χ0v) is 16.2. The molecule has 0 aliphatic carbocycles. The SMILES string of the molecule is Cc1ccc2cc(CN3CCN(C)C(CO)C3)c(-c3cccs3)nc2c1. The van der Waals surface area contributed by atoms with Crippen molar-refractivity contribution in [1.29, 1.82) is 0 Å². The van der Waals surface area contributed by atoms with Crippen molar-refractivity contribution in [2.24, 2.45) is 0 Å². The summed E-state index contributed by atoms with van der Waals surface area (Å²) in [6, 6.07) is 13.2. The van der Waals surface area contributed by atoms with E-state index in [1.165, 1.54) is 21.4 Å². The maximum atomic E-state index is 9.64. The minimum atomic E-state index is 0.208. The Morgan fingerprint density at radius 1 is 1.23 bits per heavy atom. The fourth-order valence-corrected chi connectivity index (χ4v) is 4.41. The van der Waals surface area contributed by atoms with E-state index < -0.39 is 0 Å². The first-order chi connectivity index (χ1) is 12.6. The summed E-state index contributed by atoms with van der Waals surface area (Å²) in [6.45, 7) is 6.08. The van der Waals surface area contributed by atoms with Crippen LogP contribution in [0.1, 0.15) is 11.1 Å². The molecule has 0 bridgehead atoms. The third-order valence-corrected chi connectivity index (χ3v) is 6.15. The van der Waals surface area contributed by atoms with Crippen molar-refractivity contribution >= 4 is 22.2 Å². The van der Waals surface area contributed by atoms with Gasteiger partial charge in [0.25, 0.3) is 0 Å². The largest absolute Gasteiger partial charge is 0.395 e. The topological polar surface area (TPSA) is 39.6 Å². The zero-order chi connectivity index (χ0) is 18.1. The molecule has 1 N–H and O–H groups in total. The van der Waals surface area contributed by atoms with Gasteiger partial charge in [-0.2, -0.15) is 0 Å². The molecule has 4 nitrogen and oxygen atoms in total. The summed E-state index contributed by atoms with van der Waals surface area (Å²) >= 11 is 1.74. The molecule has 1 unspecified atom stereocenters. The Bertz CT molecular complexity index is 894. The van der Waals surface area contributed by atoms with Gasteiger partial charge in [0.2, 0.25) is 0 Å². The molecule has 26 heavy (non-hydrogen) atoms. The molecule has 0 amide bonds. The second-order valence-corrected chi connectivity index (χ2v) is 8.17. The van der Waals surface area contributed by atoms with Crippen molar-refractivity contribution in [3.63, 3.8) is 0 Å². The quantitative estimate of drug-likeness (QED) is 0.767. The van der Waals surface area contributed by atoms with E-state index in [0.717, 1.165) is 37.4 Å². The fourth-order valence-electron chi connectivity index (χ4n) is 3.66. The van der Waals surface area contributed by atoms with E-state index in [1.54, 1.807) is 11.3 Å². The summed E-state index contributed by atoms with van der Waals surface area (Å²) in [6.07, 6.45) is 0. The van der Waals surface area contributed by atoms with E-state index in [4.69, 9.17) is 4.98 Å². The molecule has 1 aliphatic rings. The zero-order valence-electron chi connectivity index (χ0n) is 15.4. The van der Waals surface area contributed by atoms with Gasteiger partial charge in [0, 0.05) is 37.6 Å². The highest BCUT2D eigenvalue weighted by Gasteiger charge is 2.24. The molecule has 136 valence electrons. The monoisotopic (exact) mass is 367 g/mol. The van der Waals surface area contributed by atoms with E-state index in [1.807, 2.05) is 0 Å². The number of hydrogen-bond acceptors (Lipinski definition) is 5. The van der Waals surface area contributed by atoms with Crippen LogP contribution in [0.4, 0.5) is 0 Å². The fraction of sp³-hybridized carbons (Fsp3) is 0.381. The predicted octanol–water partition coefficient (Wildman–Crippen LogP) is 3.38. The van der Waals surface area contributed by atoms with Gasteiger partial charge in [-0.1, -0.05) is 18.2 Å². The summed E-state index contributed by atoms with van der Waals surface area (Å²) < 4.78 is 0. The van der Waals surface area contributed by atoms with Gasteiger partial charge in [0.1, 0.15) is 0 Å². The van der Waals surface area contributed by atoms with Crippen LogP contribution in [-0.4, -0.2) is 59.2 Å². The summed E-state index contributed by atoms with van der Waals surface area (Å²) in [7, 11) is 2.09. The van der Waals surface area contributed by atoms with Crippen molar-refractivity contribution in [3.05, 3.63) is 52.9 Å². The highest BCUT2D eigenvalue weighted by molar-refractivity contribution is 7.13. The minimum absolute atomic E-state index is 0.208. The van der Waals surface area contributed by atoms with Crippen molar-refractivity contribution in [3.8, 4) is 10.6 Å². The Kier molecular flexibility index (Phi) is 5.05. The first-order valence-corrected chi connectivity index (χ1v) is 9.99. The lowest BCUT2D eigenvalue weighted by Gasteiger charge is -2.38. The average Bonchev–Trinajstić information content (AvgIpc) is 3.17. The van der Waals surface area contributed by atoms with Gasteiger partial charge in [-0.15, -0.1) is 11.3 Å². The molecule has 1 saturated heterocycles. The van der Waals surface area contributed by atoms with Crippen LogP contribution < -0.4 is 0 Å². The second-order valence-electron chi connectivity index (χ2n) is 7.22. The molecule has 2 aromatic heterocycles. The van der Waals surface area contributed by atoms with Crippen LogP contribution in [0.2, 0.25) is 0 Å². The standard InChI is InChI=1S/C21H25N3OS/c1-15-5-6-16-11-17(12-24-8-7-23(2)18(13-24)14-25)21(22-19(16)10-15)20-4-3-9-26-20/h3-6,9-11,18,25H,7-8,12-14H2,1-2H3. The number of aromatic nitrogens is 1. The normalized spacial score (nSPS) is 19.3. The van der Waals surface area contributed by atoms with Crippen LogP contribution in [0.25, 0.3) is 21.5 Å². The maximum Gasteiger partial charge on any atom is 0.0854 e. The van der Waals surface area contributed by atoms with Crippen LogP contribution >= 0.6 is 11.3 Å². The van der Waals surface area contributed by atoms with Crippen LogP contribution in [0.3, 0.4) is 0 Å². The van der Waals surface area contributed by atoms with Gasteiger partial charge in [0.15, 0.2) is 0 Å². The van der Waals surface area contributed by atoms with Gasteiger partial charge >= 0.3 is 0 Å². The molecule has 1 aromatic carbocycles. The Balaban J connectivity index is 1.71. The van der Waals surface area contributed by atoms with E-state index >= 15 is 0 Å². The van der Waals surface area contributed by atoms with Crippen molar-refractivity contribution in [1.82, 2.24) is 14.8 Å². The number of pyridine rings is 1. The Labute approximate surface area is 158 Å². The molecule has 3 heterocycles. The maximum absolute atomic E-state index is 9.64. The molecule has 0 spiro atoms. The number of aliphatic hydroxyl groups is 1. The number of aliphatic hydroxyl groups excluding tert-OH is 1. The summed E-state index contributed by atoms with van der Waals surface area (Å²) in [5, 5.41) is 12.9. The van der Waals surface area contributed by atoms with Crippen molar-refractivity contribution < 1.29 is 5.11 Å². The van der Waals surface area contributed by atoms with Crippen LogP contribution in [0, 0.1) is 6.92 Å². The number of benzene rings is 1. The van der Waals surface area contributed by atoms with Crippen LogP contribution in [0.15, 0.2) is 41.8 Å². The number of thiophene rings is 1. The first-order valence-electron chi connectivity index (χ1n) is 9.11. The lowest BCUT2D eigenvalue weighted by atomic mass is 10.0. The number of fused-ring (bicyclic) bond motifs is 1. The van der Waals surface area contributed by atoms with E-state index in [2.05, 4.69) is 65.5 Å². The molecule has 1 fully saturated rings. The lowest BCUT2D eigenvalue weighted by Crippen LogP contribution is -2.52. The smallest absolute Gasteiger partial charge is 0.0854 e. The van der Waals surface area contributed by atoms with Gasteiger partial charge in [-0.3, -0.25) is 9.80 Å². The minimum Gasteiger partial charge on any atom is -0.395 e. The highest BCUT2D eigenvalue weighted by Crippen LogP contribution is 2.30. The summed E-state index contributed by atoms with van der Waals surface area (Å²) in [5.41, 5.74) is 4.66. The summed E-state index contributed by atoms with van der Waals surface area (Å²) in [5.74, 6) is 0. The van der Waals surface area contributed by atoms with Gasteiger partial charge < -0.3 is 5.11 Å². The molecule has 3 aromatic rings. The molecule has 5 heteroatoms. The number of rotatable bonds is 4. The van der Waals surface area contributed by atoms with Crippen molar-refractivity contribution in [2.45, 2.75) is 19.5 Å². The Hall–Kier alpha value is -1.79. The number of piperazine rings is 1. The van der Waals surface area contributed by atoms with Crippen LogP contribution in [-0.2, 0) is 6.54 Å². The number of likely N-dealkylation sites (N-methyl/N-ethyl adjacent to an activating group) is 1. The van der Waals surface area contributed by atoms with Crippen LogP contribution in [0.5, 0.6) is 0 Å². The van der Waals surface area contributed by atoms with Gasteiger partial charge in [0.05, 0.1) is 22.7 Å². The van der Waals surface area contributed by atoms with E-state index in [9.17, 15) is 5.11 Å². The molecular weight excluding hydrogens is 342 g/mol. The summed E-state index contributed by atoms with van der Waals surface area (Å²) in [4.78, 5) is 10.9. The van der Waals surface area contributed by atoms with E-state index in [0.29, 0.717) is 0 Å². The molecule has 4 rings (SSSR count). The molecule has 1 atom stereocenters. The number of hydrogen-bond donors (Lipinski definition) is 1. The first kappa shape index (κ1) is 17.6. The van der Waals surface area contributed by atoms with Crippen molar-refractivity contribution in [2.75, 3.05) is 33.3 Å². The second kappa shape index (κ2) is 7.45. The Morgan fingerprint density at radius 2 is 2.12 bits per heavy atom. The number of nitrogens with zero attached hydrogens (tertiary/aromatic N) is 3. The highest BCUT2D eigenvalue weighted by atomic mass is 32.1. The van der Waals surface area contributed by atoms with Gasteiger partial charge in [-0.25, -0.2) is 4.98 Å². The third-order valence-electron chi connectivity index (χ3n) is 5.27. The molecule has 0 radical (unpaired) electrons. The Morgan fingerprint density at radius 3 is 2.88 bits per heavy atom. The predicted molar refractivity (Wildman–Crippen MR) is 109 cm³/mol. The third kappa shape index (κ3) is 3.53. The van der Waals surface area contributed by atoms with E-state index in [-0.39, 0.29) is 12.6 Å². The molecule has 1 aliphatic heterocycles.